The maximum Gasteiger partial charge on any atom is 0.263 e. The van der Waals surface area contributed by atoms with Crippen molar-refractivity contribution in [3.8, 4) is 0 Å². The minimum atomic E-state index is -2.95. The van der Waals surface area contributed by atoms with Gasteiger partial charge in [-0.15, -0.1) is 11.3 Å². The van der Waals surface area contributed by atoms with E-state index in [0.717, 1.165) is 12.0 Å². The van der Waals surface area contributed by atoms with Crippen molar-refractivity contribution < 1.29 is 13.2 Å². The standard InChI is InChI=1S/C13H19NO3S2/c1-4-11-9(2)7-12(18-11)13(15)14(3)10-5-6-19(16,17)8-10/h7,10H,4-6,8H2,1-3H3. The molecule has 0 N–H and O–H groups in total. The van der Waals surface area contributed by atoms with Crippen LogP contribution in [0.1, 0.15) is 33.5 Å². The van der Waals surface area contributed by atoms with Crippen molar-refractivity contribution in [1.82, 2.24) is 4.90 Å². The summed E-state index contributed by atoms with van der Waals surface area (Å²) in [5.41, 5.74) is 1.14. The van der Waals surface area contributed by atoms with Crippen LogP contribution in [-0.2, 0) is 16.3 Å². The Balaban J connectivity index is 2.15. The van der Waals surface area contributed by atoms with Gasteiger partial charge in [0.05, 0.1) is 16.4 Å². The van der Waals surface area contributed by atoms with Gasteiger partial charge in [-0.25, -0.2) is 8.42 Å². The zero-order chi connectivity index (χ0) is 14.2. The van der Waals surface area contributed by atoms with Gasteiger partial charge in [-0.2, -0.15) is 0 Å². The van der Waals surface area contributed by atoms with Crippen molar-refractivity contribution in [2.45, 2.75) is 32.7 Å². The number of carbonyl (C=O) groups is 1. The predicted octanol–water partition coefficient (Wildman–Crippen LogP) is 1.88. The molecule has 2 rings (SSSR count). The van der Waals surface area contributed by atoms with Crippen LogP contribution in [0.5, 0.6) is 0 Å². The molecule has 6 heteroatoms. The van der Waals surface area contributed by atoms with E-state index >= 15 is 0 Å². The van der Waals surface area contributed by atoms with E-state index in [-0.39, 0.29) is 23.5 Å². The van der Waals surface area contributed by atoms with Crippen molar-refractivity contribution >= 4 is 27.1 Å². The molecule has 1 aliphatic rings. The Hall–Kier alpha value is -0.880. The van der Waals surface area contributed by atoms with Gasteiger partial charge in [0.25, 0.3) is 5.91 Å². The molecule has 4 nitrogen and oxygen atoms in total. The summed E-state index contributed by atoms with van der Waals surface area (Å²) in [5, 5.41) is 0. The average Bonchev–Trinajstić information content (AvgIpc) is 2.90. The molecule has 1 amide bonds. The summed E-state index contributed by atoms with van der Waals surface area (Å²) in [5.74, 6) is 0.231. The first-order chi connectivity index (χ1) is 8.84. The highest BCUT2D eigenvalue weighted by Gasteiger charge is 2.33. The maximum absolute atomic E-state index is 12.4. The predicted molar refractivity (Wildman–Crippen MR) is 77.6 cm³/mol. The van der Waals surface area contributed by atoms with Crippen molar-refractivity contribution in [1.29, 1.82) is 0 Å². The Labute approximate surface area is 118 Å². The van der Waals surface area contributed by atoms with E-state index in [9.17, 15) is 13.2 Å². The Morgan fingerprint density at radius 2 is 2.21 bits per heavy atom. The Morgan fingerprint density at radius 1 is 1.53 bits per heavy atom. The van der Waals surface area contributed by atoms with Crippen LogP contribution in [0.25, 0.3) is 0 Å². The quantitative estimate of drug-likeness (QED) is 0.856. The number of carbonyl (C=O) groups excluding carboxylic acids is 1. The molecule has 19 heavy (non-hydrogen) atoms. The van der Waals surface area contributed by atoms with Crippen LogP contribution in [0.4, 0.5) is 0 Å². The largest absolute Gasteiger partial charge is 0.337 e. The van der Waals surface area contributed by atoms with Crippen LogP contribution in [-0.4, -0.2) is 43.8 Å². The molecule has 1 unspecified atom stereocenters. The topological polar surface area (TPSA) is 54.5 Å². The fourth-order valence-electron chi connectivity index (χ4n) is 2.40. The molecule has 2 heterocycles. The van der Waals surface area contributed by atoms with E-state index < -0.39 is 9.84 Å². The van der Waals surface area contributed by atoms with E-state index in [0.29, 0.717) is 11.3 Å². The molecule has 0 aromatic carbocycles. The third-order valence-corrected chi connectivity index (χ3v) is 6.75. The fraction of sp³-hybridized carbons (Fsp3) is 0.615. The fourth-order valence-corrected chi connectivity index (χ4v) is 5.27. The van der Waals surface area contributed by atoms with Crippen LogP contribution < -0.4 is 0 Å². The lowest BCUT2D eigenvalue weighted by molar-refractivity contribution is 0.0752. The van der Waals surface area contributed by atoms with E-state index in [2.05, 4.69) is 6.92 Å². The third-order valence-electron chi connectivity index (χ3n) is 3.63. The second-order valence-electron chi connectivity index (χ2n) is 5.04. The molecule has 1 atom stereocenters. The van der Waals surface area contributed by atoms with Crippen molar-refractivity contribution in [2.24, 2.45) is 0 Å². The lowest BCUT2D eigenvalue weighted by Crippen LogP contribution is -2.37. The van der Waals surface area contributed by atoms with Gasteiger partial charge in [-0.3, -0.25) is 4.79 Å². The Bertz CT molecular complexity index is 589. The lowest BCUT2D eigenvalue weighted by atomic mass is 10.2. The Morgan fingerprint density at radius 3 is 2.68 bits per heavy atom. The smallest absolute Gasteiger partial charge is 0.263 e. The number of aryl methyl sites for hydroxylation is 2. The number of amides is 1. The summed E-state index contributed by atoms with van der Waals surface area (Å²) in [4.78, 5) is 15.9. The summed E-state index contributed by atoms with van der Waals surface area (Å²) in [6, 6.07) is 1.73. The molecule has 0 saturated carbocycles. The molecule has 1 aromatic heterocycles. The van der Waals surface area contributed by atoms with Crippen LogP contribution in [0.15, 0.2) is 6.07 Å². The summed E-state index contributed by atoms with van der Waals surface area (Å²) in [6.07, 6.45) is 1.47. The second kappa shape index (κ2) is 5.25. The Kier molecular flexibility index (Phi) is 4.01. The van der Waals surface area contributed by atoms with Crippen LogP contribution in [0, 0.1) is 6.92 Å². The molecule has 1 aromatic rings. The van der Waals surface area contributed by atoms with Crippen LogP contribution in [0.2, 0.25) is 0 Å². The molecular formula is C13H19NO3S2. The van der Waals surface area contributed by atoms with Gasteiger partial charge in [0, 0.05) is 18.0 Å². The summed E-state index contributed by atoms with van der Waals surface area (Å²) in [7, 11) is -1.25. The van der Waals surface area contributed by atoms with E-state index in [4.69, 9.17) is 0 Å². The van der Waals surface area contributed by atoms with Gasteiger partial charge in [-0.1, -0.05) is 6.92 Å². The SMILES string of the molecule is CCc1sc(C(=O)N(C)C2CCS(=O)(=O)C2)cc1C. The zero-order valence-electron chi connectivity index (χ0n) is 11.5. The molecule has 1 saturated heterocycles. The number of rotatable bonds is 3. The highest BCUT2D eigenvalue weighted by molar-refractivity contribution is 7.91. The summed E-state index contributed by atoms with van der Waals surface area (Å²) < 4.78 is 22.9. The molecule has 0 aliphatic carbocycles. The molecular weight excluding hydrogens is 282 g/mol. The molecule has 0 bridgehead atoms. The van der Waals surface area contributed by atoms with Crippen molar-refractivity contribution in [2.75, 3.05) is 18.6 Å². The van der Waals surface area contributed by atoms with Gasteiger partial charge < -0.3 is 4.90 Å². The zero-order valence-corrected chi connectivity index (χ0v) is 13.1. The van der Waals surface area contributed by atoms with Gasteiger partial charge in [-0.05, 0) is 31.4 Å². The van der Waals surface area contributed by atoms with Gasteiger partial charge >= 0.3 is 0 Å². The first-order valence-electron chi connectivity index (χ1n) is 6.41. The molecule has 0 spiro atoms. The molecule has 106 valence electrons. The normalized spacial score (nSPS) is 21.5. The first-order valence-corrected chi connectivity index (χ1v) is 9.04. The number of nitrogens with zero attached hydrogens (tertiary/aromatic N) is 1. The minimum absolute atomic E-state index is 0.0603. The first kappa shape index (κ1) is 14.5. The molecule has 1 aliphatic heterocycles. The van der Waals surface area contributed by atoms with E-state index in [1.54, 1.807) is 11.9 Å². The number of hydrogen-bond donors (Lipinski definition) is 0. The van der Waals surface area contributed by atoms with Crippen LogP contribution in [0.3, 0.4) is 0 Å². The highest BCUT2D eigenvalue weighted by atomic mass is 32.2. The number of hydrogen-bond acceptors (Lipinski definition) is 4. The van der Waals surface area contributed by atoms with E-state index in [1.807, 2.05) is 13.0 Å². The molecule has 0 radical (unpaired) electrons. The van der Waals surface area contributed by atoms with Gasteiger partial charge in [0.1, 0.15) is 0 Å². The maximum atomic E-state index is 12.4. The van der Waals surface area contributed by atoms with Crippen molar-refractivity contribution in [3.63, 3.8) is 0 Å². The van der Waals surface area contributed by atoms with E-state index in [1.165, 1.54) is 16.2 Å². The minimum Gasteiger partial charge on any atom is -0.337 e. The second-order valence-corrected chi connectivity index (χ2v) is 8.41. The third kappa shape index (κ3) is 3.00. The summed E-state index contributed by atoms with van der Waals surface area (Å²) >= 11 is 1.51. The lowest BCUT2D eigenvalue weighted by Gasteiger charge is -2.22. The highest BCUT2D eigenvalue weighted by Crippen LogP contribution is 2.25. The van der Waals surface area contributed by atoms with Gasteiger partial charge in [0.2, 0.25) is 0 Å². The summed E-state index contributed by atoms with van der Waals surface area (Å²) in [6.45, 7) is 4.08. The van der Waals surface area contributed by atoms with Gasteiger partial charge in [0.15, 0.2) is 9.84 Å². The number of thiophene rings is 1. The van der Waals surface area contributed by atoms with Crippen molar-refractivity contribution in [3.05, 3.63) is 21.4 Å². The monoisotopic (exact) mass is 301 g/mol. The van der Waals surface area contributed by atoms with Crippen LogP contribution >= 0.6 is 11.3 Å². The average molecular weight is 301 g/mol. The molecule has 1 fully saturated rings. The number of sulfone groups is 1.